The number of benzene rings is 1. The third-order valence-corrected chi connectivity index (χ3v) is 4.62. The molecule has 24 heavy (non-hydrogen) atoms. The first-order chi connectivity index (χ1) is 11.2. The fourth-order valence-corrected chi connectivity index (χ4v) is 2.36. The highest BCUT2D eigenvalue weighted by molar-refractivity contribution is 6.30. The van der Waals surface area contributed by atoms with Crippen LogP contribution in [0.3, 0.4) is 0 Å². The molecule has 0 radical (unpaired) electrons. The molecule has 0 aromatic heterocycles. The van der Waals surface area contributed by atoms with Gasteiger partial charge in [0.05, 0.1) is 0 Å². The van der Waals surface area contributed by atoms with E-state index in [0.29, 0.717) is 17.1 Å². The second-order valence-corrected chi connectivity index (χ2v) is 6.93. The largest absolute Gasteiger partial charge is 0.352 e. The highest BCUT2D eigenvalue weighted by atomic mass is 35.5. The minimum atomic E-state index is -0.619. The number of nitrogens with two attached hydrogens (primary N) is 1. The third kappa shape index (κ3) is 5.80. The number of rotatable bonds is 8. The number of halogens is 1. The zero-order chi connectivity index (χ0) is 18.3. The smallest absolute Gasteiger partial charge is 0.251 e. The van der Waals surface area contributed by atoms with Crippen molar-refractivity contribution in [2.45, 2.75) is 52.1 Å². The van der Waals surface area contributed by atoms with Gasteiger partial charge in [0.25, 0.3) is 5.91 Å². The van der Waals surface area contributed by atoms with Gasteiger partial charge in [-0.15, -0.1) is 0 Å². The maximum atomic E-state index is 12.5. The Morgan fingerprint density at radius 3 is 2.17 bits per heavy atom. The van der Waals surface area contributed by atoms with Crippen molar-refractivity contribution < 1.29 is 9.59 Å². The van der Waals surface area contributed by atoms with Gasteiger partial charge in [-0.05, 0) is 43.0 Å². The van der Waals surface area contributed by atoms with Crippen molar-refractivity contribution in [2.24, 2.45) is 11.7 Å². The van der Waals surface area contributed by atoms with E-state index in [4.69, 9.17) is 17.3 Å². The van der Waals surface area contributed by atoms with Crippen LogP contribution in [0.2, 0.25) is 5.02 Å². The molecule has 0 spiro atoms. The second kappa shape index (κ2) is 9.04. The van der Waals surface area contributed by atoms with Gasteiger partial charge >= 0.3 is 0 Å². The van der Waals surface area contributed by atoms with Crippen LogP contribution >= 0.6 is 11.6 Å². The van der Waals surface area contributed by atoms with E-state index in [1.165, 1.54) is 0 Å². The molecular weight excluding hydrogens is 326 g/mol. The fourth-order valence-electron chi connectivity index (χ4n) is 2.23. The predicted molar refractivity (Wildman–Crippen MR) is 98.1 cm³/mol. The SMILES string of the molecule is CCC(N)(CC)CNC(=O)C(NC(=O)c1ccc(Cl)cc1)C(C)C. The van der Waals surface area contributed by atoms with E-state index in [1.807, 2.05) is 27.7 Å². The second-order valence-electron chi connectivity index (χ2n) is 6.49. The Kier molecular flexibility index (Phi) is 7.70. The molecule has 6 heteroatoms. The average molecular weight is 354 g/mol. The summed E-state index contributed by atoms with van der Waals surface area (Å²) in [6.07, 6.45) is 1.54. The Morgan fingerprint density at radius 1 is 1.17 bits per heavy atom. The molecule has 0 heterocycles. The first kappa shape index (κ1) is 20.5. The van der Waals surface area contributed by atoms with Gasteiger partial charge in [0.2, 0.25) is 5.91 Å². The molecule has 1 rings (SSSR count). The highest BCUT2D eigenvalue weighted by Gasteiger charge is 2.27. The standard InChI is InChI=1S/C18H28ClN3O2/c1-5-18(20,6-2)11-21-17(24)15(12(3)4)22-16(23)13-7-9-14(19)10-8-13/h7-10,12,15H,5-6,11,20H2,1-4H3,(H,21,24)(H,22,23). The summed E-state index contributed by atoms with van der Waals surface area (Å²) < 4.78 is 0. The van der Waals surface area contributed by atoms with E-state index < -0.39 is 11.6 Å². The van der Waals surface area contributed by atoms with Gasteiger partial charge < -0.3 is 16.4 Å². The lowest BCUT2D eigenvalue weighted by Crippen LogP contribution is -2.55. The first-order valence-electron chi connectivity index (χ1n) is 8.35. The van der Waals surface area contributed by atoms with Crippen LogP contribution in [0.15, 0.2) is 24.3 Å². The Labute approximate surface area is 149 Å². The lowest BCUT2D eigenvalue weighted by molar-refractivity contribution is -0.124. The van der Waals surface area contributed by atoms with Crippen LogP contribution in [-0.2, 0) is 4.79 Å². The van der Waals surface area contributed by atoms with Gasteiger partial charge in [0, 0.05) is 22.7 Å². The van der Waals surface area contributed by atoms with Crippen LogP contribution in [0.1, 0.15) is 50.9 Å². The van der Waals surface area contributed by atoms with Gasteiger partial charge in [-0.3, -0.25) is 9.59 Å². The van der Waals surface area contributed by atoms with E-state index in [1.54, 1.807) is 24.3 Å². The van der Waals surface area contributed by atoms with E-state index in [9.17, 15) is 9.59 Å². The minimum Gasteiger partial charge on any atom is -0.352 e. The molecule has 4 N–H and O–H groups in total. The van der Waals surface area contributed by atoms with Crippen LogP contribution in [0.5, 0.6) is 0 Å². The van der Waals surface area contributed by atoms with Crippen molar-refractivity contribution in [1.82, 2.24) is 10.6 Å². The topological polar surface area (TPSA) is 84.2 Å². The summed E-state index contributed by atoms with van der Waals surface area (Å²) in [5.41, 5.74) is 6.26. The van der Waals surface area contributed by atoms with E-state index >= 15 is 0 Å². The van der Waals surface area contributed by atoms with Gasteiger partial charge in [0.1, 0.15) is 6.04 Å². The number of hydrogen-bond acceptors (Lipinski definition) is 3. The summed E-state index contributed by atoms with van der Waals surface area (Å²) in [7, 11) is 0. The Bertz CT molecular complexity index is 554. The molecule has 134 valence electrons. The maximum absolute atomic E-state index is 12.5. The van der Waals surface area contributed by atoms with Crippen LogP contribution in [0.25, 0.3) is 0 Å². The van der Waals surface area contributed by atoms with Crippen LogP contribution in [-0.4, -0.2) is 29.9 Å². The number of carbonyl (C=O) groups is 2. The molecule has 1 atom stereocenters. The predicted octanol–water partition coefficient (Wildman–Crippen LogP) is 2.73. The third-order valence-electron chi connectivity index (χ3n) is 4.37. The van der Waals surface area contributed by atoms with Gasteiger partial charge in [-0.25, -0.2) is 0 Å². The molecule has 0 aliphatic rings. The molecule has 5 nitrogen and oxygen atoms in total. The maximum Gasteiger partial charge on any atom is 0.251 e. The van der Waals surface area contributed by atoms with Gasteiger partial charge in [-0.2, -0.15) is 0 Å². The molecule has 0 bridgehead atoms. The zero-order valence-corrected chi connectivity index (χ0v) is 15.6. The summed E-state index contributed by atoms with van der Waals surface area (Å²) in [6, 6.07) is 5.93. The number of amides is 2. The van der Waals surface area contributed by atoms with Crippen LogP contribution in [0, 0.1) is 5.92 Å². The van der Waals surface area contributed by atoms with Crippen LogP contribution in [0.4, 0.5) is 0 Å². The summed E-state index contributed by atoms with van der Waals surface area (Å²) in [6.45, 7) is 8.16. The Balaban J connectivity index is 2.74. The van der Waals surface area contributed by atoms with Crippen molar-refractivity contribution >= 4 is 23.4 Å². The number of hydrogen-bond donors (Lipinski definition) is 3. The monoisotopic (exact) mass is 353 g/mol. The summed E-state index contributed by atoms with van der Waals surface area (Å²) in [5, 5.41) is 6.22. The summed E-state index contributed by atoms with van der Waals surface area (Å²) >= 11 is 5.83. The summed E-state index contributed by atoms with van der Waals surface area (Å²) in [4.78, 5) is 24.8. The first-order valence-corrected chi connectivity index (χ1v) is 8.73. The quantitative estimate of drug-likeness (QED) is 0.671. The van der Waals surface area contributed by atoms with E-state index in [2.05, 4.69) is 10.6 Å². The Morgan fingerprint density at radius 2 is 1.71 bits per heavy atom. The fraction of sp³-hybridized carbons (Fsp3) is 0.556. The number of carbonyl (C=O) groups excluding carboxylic acids is 2. The molecule has 2 amide bonds. The minimum absolute atomic E-state index is 0.0447. The molecule has 0 aliphatic carbocycles. The molecule has 1 aromatic carbocycles. The molecule has 0 fully saturated rings. The molecule has 1 unspecified atom stereocenters. The highest BCUT2D eigenvalue weighted by Crippen LogP contribution is 2.12. The number of nitrogens with one attached hydrogen (secondary N) is 2. The van der Waals surface area contributed by atoms with E-state index in [-0.39, 0.29) is 17.7 Å². The molecule has 0 aliphatic heterocycles. The molecule has 0 saturated heterocycles. The Hall–Kier alpha value is -1.59. The van der Waals surface area contributed by atoms with Crippen LogP contribution < -0.4 is 16.4 Å². The molecule has 1 aromatic rings. The normalized spacial score (nSPS) is 12.8. The lowest BCUT2D eigenvalue weighted by Gasteiger charge is -2.29. The van der Waals surface area contributed by atoms with Gasteiger partial charge in [-0.1, -0.05) is 39.3 Å². The summed E-state index contributed by atoms with van der Waals surface area (Å²) in [5.74, 6) is -0.564. The van der Waals surface area contributed by atoms with Crippen molar-refractivity contribution in [2.75, 3.05) is 6.54 Å². The average Bonchev–Trinajstić information content (AvgIpc) is 2.57. The lowest BCUT2D eigenvalue weighted by atomic mass is 9.94. The molecule has 0 saturated carbocycles. The van der Waals surface area contributed by atoms with Crippen molar-refractivity contribution in [3.8, 4) is 0 Å². The zero-order valence-electron chi connectivity index (χ0n) is 14.9. The van der Waals surface area contributed by atoms with E-state index in [0.717, 1.165) is 12.8 Å². The van der Waals surface area contributed by atoms with Crippen molar-refractivity contribution in [3.05, 3.63) is 34.9 Å². The van der Waals surface area contributed by atoms with Crippen molar-refractivity contribution in [3.63, 3.8) is 0 Å². The van der Waals surface area contributed by atoms with Crippen molar-refractivity contribution in [1.29, 1.82) is 0 Å². The molecular formula is C18H28ClN3O2. The van der Waals surface area contributed by atoms with Gasteiger partial charge in [0.15, 0.2) is 0 Å².